The molecule has 4 saturated carbocycles. The molecule has 0 aromatic rings. The van der Waals surface area contributed by atoms with E-state index in [0.29, 0.717) is 25.7 Å². The van der Waals surface area contributed by atoms with Crippen LogP contribution in [0.15, 0.2) is 11.6 Å². The van der Waals surface area contributed by atoms with Crippen molar-refractivity contribution in [1.82, 2.24) is 0 Å². The van der Waals surface area contributed by atoms with Gasteiger partial charge in [0.05, 0.1) is 30.0 Å². The Labute approximate surface area is 265 Å². The number of ether oxygens (including phenoxy) is 2. The lowest BCUT2D eigenvalue weighted by Gasteiger charge is -2.72. The zero-order valence-electron chi connectivity index (χ0n) is 28.7. The molecule has 4 aliphatic carbocycles. The third-order valence-electron chi connectivity index (χ3n) is 14.3. The van der Waals surface area contributed by atoms with Gasteiger partial charge in [-0.05, 0) is 124 Å². The van der Waals surface area contributed by atoms with Gasteiger partial charge in [-0.15, -0.1) is 0 Å². The van der Waals surface area contributed by atoms with Crippen LogP contribution in [0.3, 0.4) is 0 Å². The predicted molar refractivity (Wildman–Crippen MR) is 168 cm³/mol. The molecular formula is C36H62O8. The van der Waals surface area contributed by atoms with Gasteiger partial charge in [0.25, 0.3) is 0 Å². The highest BCUT2D eigenvalue weighted by Crippen LogP contribution is 2.76. The zero-order chi connectivity index (χ0) is 32.8. The summed E-state index contributed by atoms with van der Waals surface area (Å²) in [5, 5.41) is 67.3. The van der Waals surface area contributed by atoms with E-state index in [1.165, 1.54) is 5.57 Å². The second-order valence-corrected chi connectivity index (χ2v) is 17.5. The quantitative estimate of drug-likeness (QED) is 0.190. The SMILES string of the molecule is CC(C)=CCC[C@](C)(O)C1CC[C@]2(C)C1C(O)CC1C3(C)CCC(O)C(C)(C)C3[C@@H](OC3OC(C)C(O)C(O)C3O)CC12C. The molecule has 5 rings (SSSR count). The lowest BCUT2D eigenvalue weighted by atomic mass is 9.34. The minimum Gasteiger partial charge on any atom is -0.393 e. The molecule has 44 heavy (non-hydrogen) atoms. The lowest BCUT2D eigenvalue weighted by molar-refractivity contribution is -0.343. The third kappa shape index (κ3) is 5.17. The fraction of sp³-hybridized carbons (Fsp3) is 0.944. The van der Waals surface area contributed by atoms with Crippen LogP contribution in [-0.2, 0) is 9.47 Å². The monoisotopic (exact) mass is 622 g/mol. The second kappa shape index (κ2) is 11.5. The second-order valence-electron chi connectivity index (χ2n) is 17.5. The average Bonchev–Trinajstić information content (AvgIpc) is 3.30. The molecule has 8 heteroatoms. The smallest absolute Gasteiger partial charge is 0.186 e. The number of fused-ring (bicyclic) bond motifs is 5. The average molecular weight is 623 g/mol. The molecule has 1 aliphatic heterocycles. The topological polar surface area (TPSA) is 140 Å². The van der Waals surface area contributed by atoms with Gasteiger partial charge in [-0.3, -0.25) is 0 Å². The Morgan fingerprint density at radius 1 is 0.932 bits per heavy atom. The number of rotatable bonds is 6. The molecule has 254 valence electrons. The molecule has 8 nitrogen and oxygen atoms in total. The van der Waals surface area contributed by atoms with E-state index < -0.39 is 60.0 Å². The number of aliphatic hydroxyl groups is 6. The van der Waals surface area contributed by atoms with Gasteiger partial charge < -0.3 is 40.1 Å². The van der Waals surface area contributed by atoms with E-state index in [2.05, 4.69) is 54.5 Å². The molecule has 0 aromatic heterocycles. The summed E-state index contributed by atoms with van der Waals surface area (Å²) in [6, 6.07) is 0. The standard InChI is InChI=1S/C36H62O8/c1-19(2)11-10-14-36(9,42)21-12-16-34(7)26(21)22(37)17-24-33(6)15-13-25(38)32(4,5)30(33)23(18-35(24,34)8)44-31-29(41)28(40)27(39)20(3)43-31/h11,20-31,37-42H,10,12-18H2,1-9H3/t20?,21?,22?,23-,24?,25?,26?,27?,28?,29?,30?,31?,33?,34+,35?,36-/m0/s1. The van der Waals surface area contributed by atoms with Crippen molar-refractivity contribution < 1.29 is 40.1 Å². The van der Waals surface area contributed by atoms with E-state index in [1.807, 2.05) is 6.92 Å². The van der Waals surface area contributed by atoms with Crippen molar-refractivity contribution in [2.45, 2.75) is 168 Å². The van der Waals surface area contributed by atoms with Crippen LogP contribution >= 0.6 is 0 Å². The lowest BCUT2D eigenvalue weighted by Crippen LogP contribution is -2.70. The zero-order valence-corrected chi connectivity index (χ0v) is 28.7. The first-order valence-corrected chi connectivity index (χ1v) is 17.3. The Kier molecular flexibility index (Phi) is 9.11. The maximum absolute atomic E-state index is 12.1. The van der Waals surface area contributed by atoms with Gasteiger partial charge in [0.1, 0.15) is 18.3 Å². The Morgan fingerprint density at radius 3 is 2.23 bits per heavy atom. The van der Waals surface area contributed by atoms with Gasteiger partial charge >= 0.3 is 0 Å². The van der Waals surface area contributed by atoms with E-state index in [0.717, 1.165) is 25.7 Å². The number of hydrogen-bond acceptors (Lipinski definition) is 8. The molecule has 0 radical (unpaired) electrons. The van der Waals surface area contributed by atoms with Crippen molar-refractivity contribution in [3.05, 3.63) is 11.6 Å². The van der Waals surface area contributed by atoms with E-state index >= 15 is 0 Å². The predicted octanol–water partition coefficient (Wildman–Crippen LogP) is 4.32. The van der Waals surface area contributed by atoms with Gasteiger partial charge in [0, 0.05) is 0 Å². The van der Waals surface area contributed by atoms with Crippen LogP contribution in [0.2, 0.25) is 0 Å². The first-order valence-electron chi connectivity index (χ1n) is 17.3. The molecule has 0 amide bonds. The maximum Gasteiger partial charge on any atom is 0.186 e. The summed E-state index contributed by atoms with van der Waals surface area (Å²) in [4.78, 5) is 0. The van der Waals surface area contributed by atoms with Gasteiger partial charge in [-0.25, -0.2) is 0 Å². The highest BCUT2D eigenvalue weighted by Gasteiger charge is 2.73. The van der Waals surface area contributed by atoms with Crippen LogP contribution < -0.4 is 0 Å². The molecule has 16 atom stereocenters. The summed E-state index contributed by atoms with van der Waals surface area (Å²) in [6.07, 6.45) is 0.871. The third-order valence-corrected chi connectivity index (χ3v) is 14.3. The minimum atomic E-state index is -1.40. The van der Waals surface area contributed by atoms with Crippen molar-refractivity contribution in [3.63, 3.8) is 0 Å². The molecule has 0 spiro atoms. The molecule has 5 fully saturated rings. The van der Waals surface area contributed by atoms with E-state index in [9.17, 15) is 30.6 Å². The van der Waals surface area contributed by atoms with Crippen LogP contribution in [0.1, 0.15) is 114 Å². The molecule has 1 saturated heterocycles. The molecule has 5 aliphatic rings. The molecule has 0 aromatic carbocycles. The molecular weight excluding hydrogens is 560 g/mol. The Hall–Kier alpha value is -0.580. The Balaban J connectivity index is 1.54. The summed E-state index contributed by atoms with van der Waals surface area (Å²) in [5.74, 6) is -0.0206. The van der Waals surface area contributed by atoms with Crippen LogP contribution in [0.5, 0.6) is 0 Å². The summed E-state index contributed by atoms with van der Waals surface area (Å²) in [6.45, 7) is 19.0. The van der Waals surface area contributed by atoms with Gasteiger partial charge in [0.2, 0.25) is 0 Å². The minimum absolute atomic E-state index is 0.0265. The maximum atomic E-state index is 12.1. The van der Waals surface area contributed by atoms with Crippen LogP contribution in [0.4, 0.5) is 0 Å². The van der Waals surface area contributed by atoms with Crippen molar-refractivity contribution in [2.75, 3.05) is 0 Å². The summed E-state index contributed by atoms with van der Waals surface area (Å²) in [5.41, 5.74) is -0.976. The molecule has 6 N–H and O–H groups in total. The first kappa shape index (κ1) is 34.7. The van der Waals surface area contributed by atoms with Crippen molar-refractivity contribution in [2.24, 2.45) is 45.3 Å². The number of allylic oxidation sites excluding steroid dienone is 2. The van der Waals surface area contributed by atoms with Gasteiger partial charge in [-0.2, -0.15) is 0 Å². The van der Waals surface area contributed by atoms with Crippen molar-refractivity contribution >= 4 is 0 Å². The fourth-order valence-corrected chi connectivity index (χ4v) is 11.8. The largest absolute Gasteiger partial charge is 0.393 e. The Bertz CT molecular complexity index is 1090. The first-order chi connectivity index (χ1) is 20.2. The van der Waals surface area contributed by atoms with Gasteiger partial charge in [0.15, 0.2) is 6.29 Å². The highest BCUT2D eigenvalue weighted by atomic mass is 16.7. The Morgan fingerprint density at radius 2 is 1.59 bits per heavy atom. The summed E-state index contributed by atoms with van der Waals surface area (Å²) < 4.78 is 12.8. The molecule has 1 heterocycles. The van der Waals surface area contributed by atoms with Crippen LogP contribution in [0, 0.1) is 45.3 Å². The number of aliphatic hydroxyl groups excluding tert-OH is 5. The highest BCUT2D eigenvalue weighted by molar-refractivity contribution is 5.22. The van der Waals surface area contributed by atoms with Crippen LogP contribution in [-0.4, -0.2) is 85.3 Å². The number of hydrogen-bond donors (Lipinski definition) is 6. The molecule has 13 unspecified atom stereocenters. The summed E-state index contributed by atoms with van der Waals surface area (Å²) in [7, 11) is 0. The van der Waals surface area contributed by atoms with Gasteiger partial charge in [-0.1, -0.05) is 46.3 Å². The van der Waals surface area contributed by atoms with Crippen molar-refractivity contribution in [1.29, 1.82) is 0 Å². The van der Waals surface area contributed by atoms with E-state index in [-0.39, 0.29) is 39.9 Å². The fourth-order valence-electron chi connectivity index (χ4n) is 11.8. The summed E-state index contributed by atoms with van der Waals surface area (Å²) >= 11 is 0. The van der Waals surface area contributed by atoms with E-state index in [4.69, 9.17) is 9.47 Å². The molecule has 0 bridgehead atoms. The van der Waals surface area contributed by atoms with Crippen molar-refractivity contribution in [3.8, 4) is 0 Å². The normalized spacial score (nSPS) is 53.2. The van der Waals surface area contributed by atoms with Crippen LogP contribution in [0.25, 0.3) is 0 Å². The van der Waals surface area contributed by atoms with E-state index in [1.54, 1.807) is 6.92 Å².